The van der Waals surface area contributed by atoms with E-state index in [0.29, 0.717) is 30.8 Å². The minimum atomic E-state index is 0.341. The second-order valence-electron chi connectivity index (χ2n) is 2.32. The molecule has 0 spiro atoms. The number of hydrogen-bond donors (Lipinski definition) is 0. The predicted octanol–water partition coefficient (Wildman–Crippen LogP) is 1.30. The van der Waals surface area contributed by atoms with Crippen molar-refractivity contribution in [1.29, 1.82) is 0 Å². The molecule has 0 N–H and O–H groups in total. The Kier molecular flexibility index (Phi) is 3.52. The van der Waals surface area contributed by atoms with Gasteiger partial charge < -0.3 is 4.74 Å². The van der Waals surface area contributed by atoms with Crippen LogP contribution in [0.2, 0.25) is 0 Å². The van der Waals surface area contributed by atoms with Gasteiger partial charge in [-0.1, -0.05) is 0 Å². The summed E-state index contributed by atoms with van der Waals surface area (Å²) >= 11 is 0. The summed E-state index contributed by atoms with van der Waals surface area (Å²) in [5, 5.41) is 0. The summed E-state index contributed by atoms with van der Waals surface area (Å²) in [5.74, 6) is 2.77. The minimum absolute atomic E-state index is 0.341. The van der Waals surface area contributed by atoms with Crippen molar-refractivity contribution in [3.8, 4) is 18.2 Å². The highest BCUT2D eigenvalue weighted by atomic mass is 16.5. The Balaban J connectivity index is 2.65. The molecular formula is C10H9NO2. The quantitative estimate of drug-likeness (QED) is 0.393. The van der Waals surface area contributed by atoms with Gasteiger partial charge in [-0.25, -0.2) is 4.98 Å². The molecule has 1 aromatic heterocycles. The van der Waals surface area contributed by atoms with Crippen LogP contribution in [0.15, 0.2) is 18.3 Å². The molecule has 0 aliphatic heterocycles. The molecule has 0 radical (unpaired) electrons. The number of hydrogen-bond acceptors (Lipinski definition) is 3. The molecule has 1 aromatic rings. The van der Waals surface area contributed by atoms with Gasteiger partial charge in [-0.15, -0.1) is 12.3 Å². The van der Waals surface area contributed by atoms with Crippen LogP contribution >= 0.6 is 0 Å². The summed E-state index contributed by atoms with van der Waals surface area (Å²) in [7, 11) is 0. The van der Waals surface area contributed by atoms with Crippen molar-refractivity contribution in [2.45, 2.75) is 6.42 Å². The Bertz CT molecular complexity index is 328. The van der Waals surface area contributed by atoms with E-state index in [-0.39, 0.29) is 0 Å². The van der Waals surface area contributed by atoms with Crippen LogP contribution in [0.5, 0.6) is 5.88 Å². The molecular weight excluding hydrogens is 166 g/mol. The van der Waals surface area contributed by atoms with Crippen LogP contribution in [0.25, 0.3) is 0 Å². The highest BCUT2D eigenvalue weighted by Crippen LogP contribution is 2.11. The monoisotopic (exact) mass is 175 g/mol. The summed E-state index contributed by atoms with van der Waals surface area (Å²) in [6.07, 6.45) is 7.83. The van der Waals surface area contributed by atoms with E-state index in [9.17, 15) is 4.79 Å². The molecule has 0 saturated carbocycles. The molecule has 3 nitrogen and oxygen atoms in total. The van der Waals surface area contributed by atoms with Crippen LogP contribution in [0.3, 0.4) is 0 Å². The maximum Gasteiger partial charge on any atom is 0.224 e. The first kappa shape index (κ1) is 9.27. The number of aldehydes is 1. The molecule has 0 aromatic carbocycles. The SMILES string of the molecule is C#CCCOc1ncccc1C=O. The molecule has 0 atom stereocenters. The van der Waals surface area contributed by atoms with E-state index in [1.165, 1.54) is 0 Å². The van der Waals surface area contributed by atoms with Gasteiger partial charge in [-0.3, -0.25) is 4.79 Å². The van der Waals surface area contributed by atoms with Gasteiger partial charge in [0, 0.05) is 12.6 Å². The van der Waals surface area contributed by atoms with Gasteiger partial charge in [0.15, 0.2) is 6.29 Å². The van der Waals surface area contributed by atoms with E-state index in [1.54, 1.807) is 18.3 Å². The Labute approximate surface area is 76.8 Å². The van der Waals surface area contributed by atoms with E-state index in [4.69, 9.17) is 11.2 Å². The standard InChI is InChI=1S/C10H9NO2/c1-2-3-7-13-10-9(8-12)5-4-6-11-10/h1,4-6,8H,3,7H2. The fraction of sp³-hybridized carbons (Fsp3) is 0.200. The third-order valence-corrected chi connectivity index (χ3v) is 1.41. The Morgan fingerprint density at radius 2 is 2.54 bits per heavy atom. The summed E-state index contributed by atoms with van der Waals surface area (Å²) in [5.41, 5.74) is 0.444. The fourth-order valence-electron chi connectivity index (χ4n) is 0.820. The summed E-state index contributed by atoms with van der Waals surface area (Å²) in [4.78, 5) is 14.4. The van der Waals surface area contributed by atoms with Crippen molar-refractivity contribution < 1.29 is 9.53 Å². The Morgan fingerprint density at radius 3 is 3.23 bits per heavy atom. The van der Waals surface area contributed by atoms with E-state index in [1.807, 2.05) is 0 Å². The predicted molar refractivity (Wildman–Crippen MR) is 48.6 cm³/mol. The van der Waals surface area contributed by atoms with E-state index in [0.717, 1.165) is 0 Å². The van der Waals surface area contributed by atoms with Gasteiger partial charge in [0.1, 0.15) is 6.61 Å². The molecule has 0 fully saturated rings. The van der Waals surface area contributed by atoms with Gasteiger partial charge in [0.05, 0.1) is 5.56 Å². The van der Waals surface area contributed by atoms with Crippen molar-refractivity contribution >= 4 is 6.29 Å². The lowest BCUT2D eigenvalue weighted by Gasteiger charge is -2.03. The number of pyridine rings is 1. The average Bonchev–Trinajstić information content (AvgIpc) is 2.19. The smallest absolute Gasteiger partial charge is 0.224 e. The van der Waals surface area contributed by atoms with Crippen LogP contribution in [0.1, 0.15) is 16.8 Å². The number of carbonyl (C=O) groups excluding carboxylic acids is 1. The second kappa shape index (κ2) is 4.94. The lowest BCUT2D eigenvalue weighted by atomic mass is 10.3. The lowest BCUT2D eigenvalue weighted by Crippen LogP contribution is -2.00. The van der Waals surface area contributed by atoms with Gasteiger partial charge in [-0.2, -0.15) is 0 Å². The number of ether oxygens (including phenoxy) is 1. The van der Waals surface area contributed by atoms with E-state index < -0.39 is 0 Å². The minimum Gasteiger partial charge on any atom is -0.476 e. The maximum atomic E-state index is 10.5. The van der Waals surface area contributed by atoms with Gasteiger partial charge in [0.2, 0.25) is 5.88 Å². The third kappa shape index (κ3) is 2.60. The van der Waals surface area contributed by atoms with Crippen LogP contribution in [0, 0.1) is 12.3 Å². The van der Waals surface area contributed by atoms with Crippen LogP contribution in [-0.2, 0) is 0 Å². The lowest BCUT2D eigenvalue weighted by molar-refractivity contribution is 0.111. The average molecular weight is 175 g/mol. The molecule has 1 heterocycles. The van der Waals surface area contributed by atoms with E-state index in [2.05, 4.69) is 10.9 Å². The van der Waals surface area contributed by atoms with Crippen LogP contribution in [-0.4, -0.2) is 17.9 Å². The molecule has 66 valence electrons. The van der Waals surface area contributed by atoms with Crippen molar-refractivity contribution in [2.75, 3.05) is 6.61 Å². The highest BCUT2D eigenvalue weighted by molar-refractivity contribution is 5.77. The number of carbonyl (C=O) groups is 1. The molecule has 0 aliphatic rings. The van der Waals surface area contributed by atoms with E-state index >= 15 is 0 Å². The van der Waals surface area contributed by atoms with Crippen molar-refractivity contribution in [3.63, 3.8) is 0 Å². The number of nitrogens with zero attached hydrogens (tertiary/aromatic N) is 1. The molecule has 1 rings (SSSR count). The fourth-order valence-corrected chi connectivity index (χ4v) is 0.820. The zero-order valence-corrected chi connectivity index (χ0v) is 7.06. The molecule has 0 unspecified atom stereocenters. The number of rotatable bonds is 4. The summed E-state index contributed by atoms with van der Waals surface area (Å²) in [6.45, 7) is 0.383. The Hall–Kier alpha value is -1.82. The van der Waals surface area contributed by atoms with Crippen molar-refractivity contribution in [3.05, 3.63) is 23.9 Å². The summed E-state index contributed by atoms with van der Waals surface area (Å²) in [6, 6.07) is 3.32. The maximum absolute atomic E-state index is 10.5. The normalized spacial score (nSPS) is 8.85. The molecule has 13 heavy (non-hydrogen) atoms. The van der Waals surface area contributed by atoms with Crippen LogP contribution < -0.4 is 4.74 Å². The first-order valence-electron chi connectivity index (χ1n) is 3.85. The topological polar surface area (TPSA) is 39.2 Å². The Morgan fingerprint density at radius 1 is 1.69 bits per heavy atom. The van der Waals surface area contributed by atoms with Crippen molar-refractivity contribution in [2.24, 2.45) is 0 Å². The van der Waals surface area contributed by atoms with Gasteiger partial charge >= 0.3 is 0 Å². The first-order chi connectivity index (χ1) is 6.38. The van der Waals surface area contributed by atoms with Crippen molar-refractivity contribution in [1.82, 2.24) is 4.98 Å². The molecule has 0 saturated heterocycles. The van der Waals surface area contributed by atoms with Gasteiger partial charge in [-0.05, 0) is 12.1 Å². The largest absolute Gasteiger partial charge is 0.476 e. The molecule has 0 aliphatic carbocycles. The highest BCUT2D eigenvalue weighted by Gasteiger charge is 2.01. The number of aromatic nitrogens is 1. The van der Waals surface area contributed by atoms with Gasteiger partial charge in [0.25, 0.3) is 0 Å². The zero-order chi connectivity index (χ0) is 9.52. The van der Waals surface area contributed by atoms with Crippen LogP contribution in [0.4, 0.5) is 0 Å². The third-order valence-electron chi connectivity index (χ3n) is 1.41. The molecule has 0 amide bonds. The molecule has 0 bridgehead atoms. The zero-order valence-electron chi connectivity index (χ0n) is 7.06. The summed E-state index contributed by atoms with van der Waals surface area (Å²) < 4.78 is 5.18. The molecule has 3 heteroatoms. The second-order valence-corrected chi connectivity index (χ2v) is 2.32. The first-order valence-corrected chi connectivity index (χ1v) is 3.85. The number of terminal acetylenes is 1.